The zero-order chi connectivity index (χ0) is 18.9. The van der Waals surface area contributed by atoms with E-state index in [2.05, 4.69) is 20.6 Å². The maximum absolute atomic E-state index is 11.9. The highest BCUT2D eigenvalue weighted by Gasteiger charge is 2.08. The van der Waals surface area contributed by atoms with Crippen molar-refractivity contribution in [3.05, 3.63) is 70.2 Å². The lowest BCUT2D eigenvalue weighted by molar-refractivity contribution is -0.120. The number of nitrogens with one attached hydrogen (secondary N) is 2. The third-order valence-electron chi connectivity index (χ3n) is 3.23. The molecular weight excluding hydrogens is 358 g/mol. The normalized spacial score (nSPS) is 10.4. The highest BCUT2D eigenvalue weighted by molar-refractivity contribution is 6.31. The summed E-state index contributed by atoms with van der Waals surface area (Å²) in [6.07, 6.45) is 1.41. The Morgan fingerprint density at radius 3 is 2.50 bits per heavy atom. The van der Waals surface area contributed by atoms with Crippen LogP contribution < -0.4 is 10.7 Å². The Kier molecular flexibility index (Phi) is 6.87. The number of rotatable bonds is 6. The van der Waals surface area contributed by atoms with Crippen molar-refractivity contribution in [1.82, 2.24) is 10.7 Å². The van der Waals surface area contributed by atoms with Gasteiger partial charge in [0, 0.05) is 10.6 Å². The molecule has 0 fully saturated rings. The lowest BCUT2D eigenvalue weighted by atomic mass is 10.1. The number of esters is 1. The van der Waals surface area contributed by atoms with Gasteiger partial charge in [0.25, 0.3) is 11.8 Å². The summed E-state index contributed by atoms with van der Waals surface area (Å²) in [5, 5.41) is 6.69. The molecule has 0 aliphatic carbocycles. The van der Waals surface area contributed by atoms with Crippen molar-refractivity contribution in [2.24, 2.45) is 5.10 Å². The Labute approximate surface area is 155 Å². The zero-order valence-corrected chi connectivity index (χ0v) is 14.6. The van der Waals surface area contributed by atoms with Crippen molar-refractivity contribution >= 4 is 35.6 Å². The molecule has 2 N–H and O–H groups in total. The summed E-state index contributed by atoms with van der Waals surface area (Å²) in [6, 6.07) is 12.9. The Morgan fingerprint density at radius 2 is 1.85 bits per heavy atom. The molecule has 0 spiro atoms. The van der Waals surface area contributed by atoms with Crippen molar-refractivity contribution < 1.29 is 19.1 Å². The molecule has 0 aromatic heterocycles. The van der Waals surface area contributed by atoms with Crippen molar-refractivity contribution in [3.63, 3.8) is 0 Å². The lowest BCUT2D eigenvalue weighted by Gasteiger charge is -2.04. The molecule has 0 saturated heterocycles. The minimum absolute atomic E-state index is 0.232. The van der Waals surface area contributed by atoms with Crippen LogP contribution in [0.4, 0.5) is 0 Å². The molecule has 26 heavy (non-hydrogen) atoms. The van der Waals surface area contributed by atoms with E-state index in [1.165, 1.54) is 19.4 Å². The van der Waals surface area contributed by atoms with Crippen molar-refractivity contribution in [1.29, 1.82) is 0 Å². The first-order valence-electron chi connectivity index (χ1n) is 7.53. The fourth-order valence-electron chi connectivity index (χ4n) is 1.93. The number of methoxy groups -OCH3 is 1. The van der Waals surface area contributed by atoms with E-state index in [9.17, 15) is 14.4 Å². The Hall–Kier alpha value is -3.19. The average molecular weight is 374 g/mol. The van der Waals surface area contributed by atoms with E-state index in [1.54, 1.807) is 42.5 Å². The van der Waals surface area contributed by atoms with Crippen LogP contribution in [-0.2, 0) is 9.53 Å². The number of benzene rings is 2. The van der Waals surface area contributed by atoms with Gasteiger partial charge in [-0.1, -0.05) is 29.8 Å². The maximum Gasteiger partial charge on any atom is 0.337 e. The van der Waals surface area contributed by atoms with Crippen LogP contribution in [0.3, 0.4) is 0 Å². The number of hydrazone groups is 1. The predicted octanol–water partition coefficient (Wildman–Crippen LogP) is 2.01. The number of amides is 2. The van der Waals surface area contributed by atoms with Gasteiger partial charge in [0.15, 0.2) is 0 Å². The summed E-state index contributed by atoms with van der Waals surface area (Å²) in [5.74, 6) is -1.33. The first kappa shape index (κ1) is 19.1. The van der Waals surface area contributed by atoms with Crippen LogP contribution in [0, 0.1) is 0 Å². The molecule has 0 radical (unpaired) electrons. The fourth-order valence-corrected chi connectivity index (χ4v) is 2.12. The minimum atomic E-state index is -0.484. The Balaban J connectivity index is 1.80. The van der Waals surface area contributed by atoms with Crippen LogP contribution in [0.2, 0.25) is 5.02 Å². The number of carbonyl (C=O) groups is 3. The molecule has 2 aromatic carbocycles. The minimum Gasteiger partial charge on any atom is -0.465 e. The second-order valence-electron chi connectivity index (χ2n) is 5.10. The van der Waals surface area contributed by atoms with E-state index >= 15 is 0 Å². The SMILES string of the molecule is COC(=O)c1ccc(/C=N\NC(=O)CNC(=O)c2cccc(Cl)c2)cc1. The molecule has 0 unspecified atom stereocenters. The number of ether oxygens (including phenoxy) is 1. The quantitative estimate of drug-likeness (QED) is 0.460. The van der Waals surface area contributed by atoms with Gasteiger partial charge in [-0.3, -0.25) is 9.59 Å². The van der Waals surface area contributed by atoms with Gasteiger partial charge in [0.05, 0.1) is 25.4 Å². The molecule has 134 valence electrons. The lowest BCUT2D eigenvalue weighted by Crippen LogP contribution is -2.34. The first-order chi connectivity index (χ1) is 12.5. The molecule has 0 aliphatic heterocycles. The second kappa shape index (κ2) is 9.33. The summed E-state index contributed by atoms with van der Waals surface area (Å²) in [5.41, 5.74) is 3.75. The second-order valence-corrected chi connectivity index (χ2v) is 5.54. The average Bonchev–Trinajstić information content (AvgIpc) is 2.66. The highest BCUT2D eigenvalue weighted by Crippen LogP contribution is 2.10. The smallest absolute Gasteiger partial charge is 0.337 e. The van der Waals surface area contributed by atoms with Gasteiger partial charge in [-0.05, 0) is 35.9 Å². The number of hydrogen-bond acceptors (Lipinski definition) is 5. The number of halogens is 1. The van der Waals surface area contributed by atoms with Gasteiger partial charge in [-0.2, -0.15) is 5.10 Å². The molecule has 0 atom stereocenters. The van der Waals surface area contributed by atoms with Crippen LogP contribution >= 0.6 is 11.6 Å². The number of hydrogen-bond donors (Lipinski definition) is 2. The topological polar surface area (TPSA) is 96.9 Å². The fraction of sp³-hybridized carbons (Fsp3) is 0.111. The summed E-state index contributed by atoms with van der Waals surface area (Å²) in [6.45, 7) is -0.232. The molecule has 2 aromatic rings. The molecule has 0 aliphatic rings. The zero-order valence-electron chi connectivity index (χ0n) is 13.9. The molecule has 0 saturated carbocycles. The van der Waals surface area contributed by atoms with Crippen LogP contribution in [0.5, 0.6) is 0 Å². The van der Waals surface area contributed by atoms with Gasteiger partial charge in [0.1, 0.15) is 0 Å². The third-order valence-corrected chi connectivity index (χ3v) is 3.47. The monoisotopic (exact) mass is 373 g/mol. The molecular formula is C18H16ClN3O4. The van der Waals surface area contributed by atoms with Crippen LogP contribution in [0.15, 0.2) is 53.6 Å². The highest BCUT2D eigenvalue weighted by atomic mass is 35.5. The van der Waals surface area contributed by atoms with E-state index in [0.717, 1.165) is 0 Å². The van der Waals surface area contributed by atoms with Gasteiger partial charge in [0.2, 0.25) is 0 Å². The van der Waals surface area contributed by atoms with Gasteiger partial charge in [-0.15, -0.1) is 0 Å². The van der Waals surface area contributed by atoms with Crippen molar-refractivity contribution in [2.75, 3.05) is 13.7 Å². The molecule has 8 heteroatoms. The van der Waals surface area contributed by atoms with Crippen molar-refractivity contribution in [2.45, 2.75) is 0 Å². The molecule has 7 nitrogen and oxygen atoms in total. The van der Waals surface area contributed by atoms with Crippen LogP contribution in [0.1, 0.15) is 26.3 Å². The van der Waals surface area contributed by atoms with Crippen LogP contribution in [0.25, 0.3) is 0 Å². The Bertz CT molecular complexity index is 835. The Morgan fingerprint density at radius 1 is 1.12 bits per heavy atom. The standard InChI is InChI=1S/C18H16ClN3O4/c1-26-18(25)13-7-5-12(6-8-13)10-21-22-16(23)11-20-17(24)14-3-2-4-15(19)9-14/h2-10H,11H2,1H3,(H,20,24)(H,22,23)/b21-10-. The van der Waals surface area contributed by atoms with E-state index < -0.39 is 17.8 Å². The first-order valence-corrected chi connectivity index (χ1v) is 7.91. The van der Waals surface area contributed by atoms with Gasteiger partial charge < -0.3 is 10.1 Å². The number of nitrogens with zero attached hydrogens (tertiary/aromatic N) is 1. The van der Waals surface area contributed by atoms with Crippen molar-refractivity contribution in [3.8, 4) is 0 Å². The largest absolute Gasteiger partial charge is 0.465 e. The van der Waals surface area contributed by atoms with E-state index in [-0.39, 0.29) is 6.54 Å². The van der Waals surface area contributed by atoms with E-state index in [1.807, 2.05) is 0 Å². The molecule has 2 rings (SSSR count). The summed E-state index contributed by atoms with van der Waals surface area (Å²) >= 11 is 5.81. The molecule has 2 amide bonds. The molecule has 0 heterocycles. The summed E-state index contributed by atoms with van der Waals surface area (Å²) in [4.78, 5) is 34.9. The third kappa shape index (κ3) is 5.71. The number of carbonyl (C=O) groups excluding carboxylic acids is 3. The van der Waals surface area contributed by atoms with Gasteiger partial charge in [-0.25, -0.2) is 10.2 Å². The van der Waals surface area contributed by atoms with Gasteiger partial charge >= 0.3 is 5.97 Å². The summed E-state index contributed by atoms with van der Waals surface area (Å²) in [7, 11) is 1.30. The predicted molar refractivity (Wildman–Crippen MR) is 97.3 cm³/mol. The maximum atomic E-state index is 11.9. The van der Waals surface area contributed by atoms with Crippen LogP contribution in [-0.4, -0.2) is 37.7 Å². The van der Waals surface area contributed by atoms with E-state index in [0.29, 0.717) is 21.7 Å². The molecule has 0 bridgehead atoms. The van der Waals surface area contributed by atoms with E-state index in [4.69, 9.17) is 11.6 Å². The summed E-state index contributed by atoms with van der Waals surface area (Å²) < 4.78 is 4.60.